The van der Waals surface area contributed by atoms with Gasteiger partial charge in [-0.1, -0.05) is 30.3 Å². The molecule has 0 fully saturated rings. The molecule has 0 saturated carbocycles. The number of hydrogen-bond donors (Lipinski definition) is 3. The predicted molar refractivity (Wildman–Crippen MR) is 93.9 cm³/mol. The Balaban J connectivity index is 0.000000150. The zero-order valence-corrected chi connectivity index (χ0v) is 12.9. The van der Waals surface area contributed by atoms with E-state index in [0.29, 0.717) is 11.0 Å². The van der Waals surface area contributed by atoms with Crippen LogP contribution in [-0.2, 0) is 0 Å². The molecule has 0 aliphatic rings. The van der Waals surface area contributed by atoms with E-state index in [0.717, 1.165) is 10.9 Å². The summed E-state index contributed by atoms with van der Waals surface area (Å²) < 4.78 is 0. The third kappa shape index (κ3) is 3.61. The zero-order valence-electron chi connectivity index (χ0n) is 12.9. The number of carboxylic acid groups (broad SMARTS) is 1. The number of para-hydroxylation sites is 3. The minimum atomic E-state index is -1.32. The van der Waals surface area contributed by atoms with Crippen LogP contribution in [0.25, 0.3) is 21.9 Å². The lowest BCUT2D eigenvalue weighted by atomic mass is 10.2. The first kappa shape index (κ1) is 16.1. The van der Waals surface area contributed by atoms with Crippen LogP contribution in [0.3, 0.4) is 0 Å². The molecule has 0 aliphatic carbocycles. The first-order valence-corrected chi connectivity index (χ1v) is 7.35. The van der Waals surface area contributed by atoms with Crippen LogP contribution in [0.2, 0.25) is 0 Å². The van der Waals surface area contributed by atoms with Crippen LogP contribution in [0, 0.1) is 0 Å². The molecular formula is C18H13N3O4. The molecule has 0 aliphatic heterocycles. The van der Waals surface area contributed by atoms with Gasteiger partial charge in [0.25, 0.3) is 5.56 Å². The van der Waals surface area contributed by atoms with Gasteiger partial charge in [0.05, 0.1) is 11.0 Å². The summed E-state index contributed by atoms with van der Waals surface area (Å²) in [6.45, 7) is 0. The highest BCUT2D eigenvalue weighted by atomic mass is 16.4. The molecule has 7 heteroatoms. The van der Waals surface area contributed by atoms with Crippen LogP contribution in [0.4, 0.5) is 0 Å². The highest BCUT2D eigenvalue weighted by Crippen LogP contribution is 2.06. The Bertz CT molecular complexity index is 1180. The fourth-order valence-corrected chi connectivity index (χ4v) is 2.27. The molecule has 2 heterocycles. The number of nitrogens with zero attached hydrogens (tertiary/aromatic N) is 1. The number of benzene rings is 2. The van der Waals surface area contributed by atoms with Gasteiger partial charge < -0.3 is 15.1 Å². The van der Waals surface area contributed by atoms with Crippen molar-refractivity contribution in [2.45, 2.75) is 0 Å². The van der Waals surface area contributed by atoms with Gasteiger partial charge in [-0.05, 0) is 29.7 Å². The van der Waals surface area contributed by atoms with E-state index >= 15 is 0 Å². The number of carboxylic acids is 1. The lowest BCUT2D eigenvalue weighted by molar-refractivity contribution is 0.0689. The van der Waals surface area contributed by atoms with Crippen molar-refractivity contribution in [1.29, 1.82) is 0 Å². The van der Waals surface area contributed by atoms with E-state index in [9.17, 15) is 14.4 Å². The largest absolute Gasteiger partial charge is 0.476 e. The summed E-state index contributed by atoms with van der Waals surface area (Å²) >= 11 is 0. The van der Waals surface area contributed by atoms with Crippen LogP contribution in [0.5, 0.6) is 0 Å². The van der Waals surface area contributed by atoms with Crippen LogP contribution >= 0.6 is 0 Å². The molecule has 0 spiro atoms. The Morgan fingerprint density at radius 1 is 0.840 bits per heavy atom. The fourth-order valence-electron chi connectivity index (χ4n) is 2.27. The Morgan fingerprint density at radius 3 is 2.28 bits per heavy atom. The number of aromatic carboxylic acids is 1. The quantitative estimate of drug-likeness (QED) is 0.493. The van der Waals surface area contributed by atoms with Crippen LogP contribution in [0.15, 0.2) is 70.3 Å². The number of aromatic nitrogens is 3. The molecule has 4 rings (SSSR count). The molecule has 2 aromatic heterocycles. The highest BCUT2D eigenvalue weighted by molar-refractivity contribution is 5.87. The maximum Gasteiger partial charge on any atom is 0.360 e. The average Bonchev–Trinajstić information content (AvgIpc) is 2.61. The third-order valence-corrected chi connectivity index (χ3v) is 3.44. The number of carbonyl (C=O) groups is 1. The number of rotatable bonds is 1. The second kappa shape index (κ2) is 6.79. The molecule has 4 aromatic rings. The van der Waals surface area contributed by atoms with Crippen molar-refractivity contribution in [3.05, 3.63) is 87.1 Å². The van der Waals surface area contributed by atoms with E-state index < -0.39 is 17.2 Å². The first-order chi connectivity index (χ1) is 12.0. The van der Waals surface area contributed by atoms with Crippen molar-refractivity contribution in [2.75, 3.05) is 0 Å². The number of aromatic amines is 2. The standard InChI is InChI=1S/C9H6N2O3.C9H7NO/c12-8-7(9(13)14)10-5-3-1-2-4-6(5)11-8;11-9-6-5-7-3-1-2-4-8(7)10-9/h1-4H,(H,11,12)(H,13,14);1-6H,(H,10,11). The molecule has 0 atom stereocenters. The molecular weight excluding hydrogens is 322 g/mol. The van der Waals surface area contributed by atoms with Crippen molar-refractivity contribution in [3.63, 3.8) is 0 Å². The summed E-state index contributed by atoms with van der Waals surface area (Å²) in [5.41, 5.74) is 0.663. The van der Waals surface area contributed by atoms with E-state index in [-0.39, 0.29) is 5.56 Å². The second-order valence-corrected chi connectivity index (χ2v) is 5.15. The van der Waals surface area contributed by atoms with Gasteiger partial charge in [-0.2, -0.15) is 0 Å². The summed E-state index contributed by atoms with van der Waals surface area (Å²) in [5.74, 6) is -1.32. The molecule has 0 saturated heterocycles. The van der Waals surface area contributed by atoms with Crippen molar-refractivity contribution >= 4 is 27.9 Å². The van der Waals surface area contributed by atoms with E-state index in [1.165, 1.54) is 6.07 Å². The fraction of sp³-hybridized carbons (Fsp3) is 0. The molecule has 0 radical (unpaired) electrons. The SMILES string of the molecule is O=C(O)c1nc2ccccc2[nH]c1=O.O=c1ccc2ccccc2[nH]1. The molecule has 3 N–H and O–H groups in total. The van der Waals surface area contributed by atoms with Crippen molar-refractivity contribution in [1.82, 2.24) is 15.0 Å². The van der Waals surface area contributed by atoms with Crippen molar-refractivity contribution < 1.29 is 9.90 Å². The molecule has 7 nitrogen and oxygen atoms in total. The van der Waals surface area contributed by atoms with E-state index in [4.69, 9.17) is 5.11 Å². The van der Waals surface area contributed by atoms with Gasteiger partial charge in [-0.25, -0.2) is 9.78 Å². The summed E-state index contributed by atoms with van der Waals surface area (Å²) in [7, 11) is 0. The summed E-state index contributed by atoms with van der Waals surface area (Å²) in [6.07, 6.45) is 0. The summed E-state index contributed by atoms with van der Waals surface area (Å²) in [5, 5.41) is 9.70. The molecule has 0 amide bonds. The molecule has 0 bridgehead atoms. The molecule has 0 unspecified atom stereocenters. The Morgan fingerprint density at radius 2 is 1.52 bits per heavy atom. The van der Waals surface area contributed by atoms with E-state index in [1.54, 1.807) is 24.3 Å². The normalized spacial score (nSPS) is 10.2. The van der Waals surface area contributed by atoms with Gasteiger partial charge in [-0.15, -0.1) is 0 Å². The number of nitrogens with one attached hydrogen (secondary N) is 2. The smallest absolute Gasteiger partial charge is 0.360 e. The second-order valence-electron chi connectivity index (χ2n) is 5.15. The molecule has 124 valence electrons. The van der Waals surface area contributed by atoms with E-state index in [2.05, 4.69) is 15.0 Å². The van der Waals surface area contributed by atoms with Crippen molar-refractivity contribution in [3.8, 4) is 0 Å². The number of pyridine rings is 1. The average molecular weight is 335 g/mol. The highest BCUT2D eigenvalue weighted by Gasteiger charge is 2.11. The minimum Gasteiger partial charge on any atom is -0.476 e. The van der Waals surface area contributed by atoms with Gasteiger partial charge in [0.15, 0.2) is 0 Å². The van der Waals surface area contributed by atoms with Crippen LogP contribution in [0.1, 0.15) is 10.5 Å². The third-order valence-electron chi connectivity index (χ3n) is 3.44. The maximum atomic E-state index is 11.2. The Kier molecular flexibility index (Phi) is 4.38. The lowest BCUT2D eigenvalue weighted by Crippen LogP contribution is -2.19. The van der Waals surface area contributed by atoms with Crippen molar-refractivity contribution in [2.24, 2.45) is 0 Å². The molecule has 2 aromatic carbocycles. The number of hydrogen-bond acceptors (Lipinski definition) is 4. The summed E-state index contributed by atoms with van der Waals surface area (Å²) in [4.78, 5) is 41.5. The summed E-state index contributed by atoms with van der Waals surface area (Å²) in [6, 6.07) is 17.8. The number of fused-ring (bicyclic) bond motifs is 2. The van der Waals surface area contributed by atoms with Gasteiger partial charge in [0.2, 0.25) is 11.3 Å². The number of H-pyrrole nitrogens is 2. The monoisotopic (exact) mass is 335 g/mol. The van der Waals surface area contributed by atoms with Crippen LogP contribution < -0.4 is 11.1 Å². The topological polar surface area (TPSA) is 116 Å². The van der Waals surface area contributed by atoms with Gasteiger partial charge >= 0.3 is 5.97 Å². The molecule has 25 heavy (non-hydrogen) atoms. The Labute approximate surface area is 140 Å². The predicted octanol–water partition coefficient (Wildman–Crippen LogP) is 2.15. The van der Waals surface area contributed by atoms with Crippen LogP contribution in [-0.4, -0.2) is 26.0 Å². The first-order valence-electron chi connectivity index (χ1n) is 7.35. The van der Waals surface area contributed by atoms with Gasteiger partial charge in [0, 0.05) is 11.6 Å². The van der Waals surface area contributed by atoms with Gasteiger partial charge in [0.1, 0.15) is 0 Å². The maximum absolute atomic E-state index is 11.2. The zero-order chi connectivity index (χ0) is 17.8. The Hall–Kier alpha value is -3.74. The van der Waals surface area contributed by atoms with Gasteiger partial charge in [-0.3, -0.25) is 9.59 Å². The minimum absolute atomic E-state index is 0.0521. The lowest BCUT2D eigenvalue weighted by Gasteiger charge is -1.97. The van der Waals surface area contributed by atoms with E-state index in [1.807, 2.05) is 30.3 Å².